The average Bonchev–Trinajstić information content (AvgIpc) is 2.80. The lowest BCUT2D eigenvalue weighted by Crippen LogP contribution is -2.02. The van der Waals surface area contributed by atoms with Gasteiger partial charge in [-0.25, -0.2) is 4.98 Å². The van der Waals surface area contributed by atoms with Crippen LogP contribution in [0.1, 0.15) is 23.7 Å². The van der Waals surface area contributed by atoms with Crippen molar-refractivity contribution in [3.8, 4) is 5.69 Å². The zero-order chi connectivity index (χ0) is 15.1. The predicted molar refractivity (Wildman–Crippen MR) is 95.5 cm³/mol. The summed E-state index contributed by atoms with van der Waals surface area (Å²) in [5, 5.41) is -0.170. The van der Waals surface area contributed by atoms with Crippen LogP contribution in [0.3, 0.4) is 0 Å². The van der Waals surface area contributed by atoms with E-state index in [1.165, 1.54) is 5.56 Å². The molecule has 0 bridgehead atoms. The molecule has 2 aromatic carbocycles. The molecule has 1 heterocycles. The Morgan fingerprint density at radius 3 is 2.57 bits per heavy atom. The van der Waals surface area contributed by atoms with Gasteiger partial charge >= 0.3 is 0 Å². The van der Waals surface area contributed by atoms with Crippen LogP contribution in [0.25, 0.3) is 16.7 Å². The number of hydrogen-bond donors (Lipinski definition) is 0. The van der Waals surface area contributed by atoms with Crippen molar-refractivity contribution in [3.05, 3.63) is 56.7 Å². The van der Waals surface area contributed by atoms with Crippen LogP contribution in [0, 0.1) is 6.92 Å². The molecule has 108 valence electrons. The number of aryl methyl sites for hydroxylation is 1. The summed E-state index contributed by atoms with van der Waals surface area (Å²) in [6.45, 7) is 4.01. The van der Waals surface area contributed by atoms with Gasteiger partial charge in [-0.05, 0) is 49.7 Å². The number of alkyl halides is 1. The zero-order valence-corrected chi connectivity index (χ0v) is 15.5. The van der Waals surface area contributed by atoms with Crippen LogP contribution in [-0.4, -0.2) is 9.55 Å². The van der Waals surface area contributed by atoms with Crippen LogP contribution in [0.15, 0.2) is 45.3 Å². The lowest BCUT2D eigenvalue weighted by Gasteiger charge is -2.12. The van der Waals surface area contributed by atoms with Gasteiger partial charge in [0.15, 0.2) is 0 Å². The van der Waals surface area contributed by atoms with Crippen molar-refractivity contribution in [2.45, 2.75) is 19.2 Å². The fourth-order valence-corrected chi connectivity index (χ4v) is 3.19. The Morgan fingerprint density at radius 2 is 1.90 bits per heavy atom. The molecule has 21 heavy (non-hydrogen) atoms. The van der Waals surface area contributed by atoms with Gasteiger partial charge in [-0.15, -0.1) is 11.6 Å². The molecular weight excluding hydrogens is 415 g/mol. The summed E-state index contributed by atoms with van der Waals surface area (Å²) >= 11 is 13.5. The third kappa shape index (κ3) is 2.77. The Kier molecular flexibility index (Phi) is 4.12. The summed E-state index contributed by atoms with van der Waals surface area (Å²) in [6, 6.07) is 12.3. The highest BCUT2D eigenvalue weighted by Gasteiger charge is 2.17. The minimum Gasteiger partial charge on any atom is -0.295 e. The SMILES string of the molecule is Cc1ccc(-n2c(C(C)Cl)nc3ccc(Br)cc32)cc1Br. The van der Waals surface area contributed by atoms with Crippen molar-refractivity contribution in [2.75, 3.05) is 0 Å². The topological polar surface area (TPSA) is 17.8 Å². The minimum atomic E-state index is -0.170. The van der Waals surface area contributed by atoms with E-state index >= 15 is 0 Å². The number of nitrogens with zero attached hydrogens (tertiary/aromatic N) is 2. The van der Waals surface area contributed by atoms with E-state index in [1.807, 2.05) is 19.1 Å². The Balaban J connectivity index is 2.35. The first-order valence-corrected chi connectivity index (χ1v) is 8.58. The molecule has 3 aromatic rings. The molecule has 0 aliphatic heterocycles. The van der Waals surface area contributed by atoms with Crippen molar-refractivity contribution in [1.82, 2.24) is 9.55 Å². The van der Waals surface area contributed by atoms with Gasteiger partial charge in [-0.1, -0.05) is 37.9 Å². The second-order valence-electron chi connectivity index (χ2n) is 4.99. The Labute approximate surface area is 145 Å². The van der Waals surface area contributed by atoms with E-state index < -0.39 is 0 Å². The first kappa shape index (κ1) is 15.1. The van der Waals surface area contributed by atoms with Gasteiger partial charge in [0, 0.05) is 14.6 Å². The van der Waals surface area contributed by atoms with Gasteiger partial charge in [0.1, 0.15) is 5.82 Å². The van der Waals surface area contributed by atoms with Gasteiger partial charge in [0.25, 0.3) is 0 Å². The second kappa shape index (κ2) is 5.75. The lowest BCUT2D eigenvalue weighted by atomic mass is 10.2. The number of halogens is 3. The number of imidazole rings is 1. The van der Waals surface area contributed by atoms with E-state index in [0.29, 0.717) is 0 Å². The van der Waals surface area contributed by atoms with Crippen molar-refractivity contribution >= 4 is 54.5 Å². The predicted octanol–water partition coefficient (Wildman–Crippen LogP) is 6.16. The van der Waals surface area contributed by atoms with Crippen LogP contribution in [0.4, 0.5) is 0 Å². The van der Waals surface area contributed by atoms with E-state index in [2.05, 4.69) is 72.6 Å². The maximum absolute atomic E-state index is 6.33. The van der Waals surface area contributed by atoms with Gasteiger partial charge in [-0.3, -0.25) is 4.57 Å². The molecule has 0 saturated carbocycles. The van der Waals surface area contributed by atoms with E-state index in [9.17, 15) is 0 Å². The molecule has 1 unspecified atom stereocenters. The highest BCUT2D eigenvalue weighted by molar-refractivity contribution is 9.10. The quantitative estimate of drug-likeness (QED) is 0.447. The highest BCUT2D eigenvalue weighted by atomic mass is 79.9. The second-order valence-corrected chi connectivity index (χ2v) is 7.41. The zero-order valence-electron chi connectivity index (χ0n) is 11.6. The van der Waals surface area contributed by atoms with Crippen molar-refractivity contribution in [3.63, 3.8) is 0 Å². The van der Waals surface area contributed by atoms with Gasteiger partial charge < -0.3 is 0 Å². The molecule has 0 aliphatic rings. The van der Waals surface area contributed by atoms with Crippen LogP contribution < -0.4 is 0 Å². The minimum absolute atomic E-state index is 0.170. The van der Waals surface area contributed by atoms with Crippen molar-refractivity contribution in [1.29, 1.82) is 0 Å². The standard InChI is InChI=1S/C16H13Br2ClN2/c1-9-3-5-12(8-13(9)18)21-15-7-11(17)4-6-14(15)20-16(21)10(2)19/h3-8,10H,1-2H3. The van der Waals surface area contributed by atoms with Gasteiger partial charge in [-0.2, -0.15) is 0 Å². The summed E-state index contributed by atoms with van der Waals surface area (Å²) in [5.41, 5.74) is 4.24. The third-order valence-corrected chi connectivity index (χ3v) is 4.95. The molecule has 0 spiro atoms. The molecule has 1 atom stereocenters. The summed E-state index contributed by atoms with van der Waals surface area (Å²) in [4.78, 5) is 4.68. The first-order chi connectivity index (χ1) is 9.97. The van der Waals surface area contributed by atoms with E-state index in [0.717, 1.165) is 31.5 Å². The van der Waals surface area contributed by atoms with Crippen LogP contribution in [-0.2, 0) is 0 Å². The summed E-state index contributed by atoms with van der Waals surface area (Å²) in [5.74, 6) is 0.848. The molecule has 3 rings (SSSR count). The average molecular weight is 429 g/mol. The maximum Gasteiger partial charge on any atom is 0.132 e. The van der Waals surface area contributed by atoms with Crippen LogP contribution >= 0.6 is 43.5 Å². The molecule has 2 nitrogen and oxygen atoms in total. The van der Waals surface area contributed by atoms with Gasteiger partial charge in [0.05, 0.1) is 16.4 Å². The molecule has 0 saturated heterocycles. The van der Waals surface area contributed by atoms with Crippen molar-refractivity contribution in [2.24, 2.45) is 0 Å². The third-order valence-electron chi connectivity index (χ3n) is 3.41. The molecule has 1 aromatic heterocycles. The fraction of sp³-hybridized carbons (Fsp3) is 0.188. The largest absolute Gasteiger partial charge is 0.295 e. The number of rotatable bonds is 2. The van der Waals surface area contributed by atoms with E-state index in [4.69, 9.17) is 11.6 Å². The highest BCUT2D eigenvalue weighted by Crippen LogP contribution is 2.31. The van der Waals surface area contributed by atoms with Crippen molar-refractivity contribution < 1.29 is 0 Å². The normalized spacial score (nSPS) is 12.8. The summed E-state index contributed by atoms with van der Waals surface area (Å²) < 4.78 is 4.21. The maximum atomic E-state index is 6.33. The molecule has 5 heteroatoms. The van der Waals surface area contributed by atoms with Gasteiger partial charge in [0.2, 0.25) is 0 Å². The summed E-state index contributed by atoms with van der Waals surface area (Å²) in [7, 11) is 0. The molecule has 0 N–H and O–H groups in total. The monoisotopic (exact) mass is 426 g/mol. The van der Waals surface area contributed by atoms with E-state index in [-0.39, 0.29) is 5.38 Å². The molecule has 0 aliphatic carbocycles. The number of hydrogen-bond acceptors (Lipinski definition) is 1. The summed E-state index contributed by atoms with van der Waals surface area (Å²) in [6.07, 6.45) is 0. The number of benzene rings is 2. The smallest absolute Gasteiger partial charge is 0.132 e. The Morgan fingerprint density at radius 1 is 1.14 bits per heavy atom. The molecular formula is C16H13Br2ClN2. The lowest BCUT2D eigenvalue weighted by molar-refractivity contribution is 0.882. The molecule has 0 amide bonds. The van der Waals surface area contributed by atoms with E-state index in [1.54, 1.807) is 0 Å². The fourth-order valence-electron chi connectivity index (χ4n) is 2.33. The first-order valence-electron chi connectivity index (χ1n) is 6.56. The number of fused-ring (bicyclic) bond motifs is 1. The van der Waals surface area contributed by atoms with Crippen LogP contribution in [0.2, 0.25) is 0 Å². The Hall–Kier alpha value is -0.840. The molecule has 0 fully saturated rings. The molecule has 0 radical (unpaired) electrons. The number of aromatic nitrogens is 2. The van der Waals surface area contributed by atoms with Crippen LogP contribution in [0.5, 0.6) is 0 Å². The Bertz CT molecular complexity index is 825.